The van der Waals surface area contributed by atoms with Crippen LogP contribution in [0.25, 0.3) is 5.69 Å². The highest BCUT2D eigenvalue weighted by Gasteiger charge is 2.40. The van der Waals surface area contributed by atoms with Crippen LogP contribution in [0.2, 0.25) is 5.02 Å². The zero-order valence-corrected chi connectivity index (χ0v) is 20.9. The summed E-state index contributed by atoms with van der Waals surface area (Å²) in [6.07, 6.45) is -4.90. The number of nitrogens with zero attached hydrogens (tertiary/aromatic N) is 3. The normalized spacial score (nSPS) is 15.6. The first-order valence-corrected chi connectivity index (χ1v) is 12.0. The highest BCUT2D eigenvalue weighted by molar-refractivity contribution is 6.31. The Hall–Kier alpha value is -4.52. The van der Waals surface area contributed by atoms with E-state index < -0.39 is 46.8 Å². The lowest BCUT2D eigenvalue weighted by Gasteiger charge is -2.24. The molecule has 4 aromatic rings. The van der Waals surface area contributed by atoms with Gasteiger partial charge in [-0.2, -0.15) is 13.2 Å². The van der Waals surface area contributed by atoms with Crippen LogP contribution in [0, 0.1) is 18.6 Å². The Morgan fingerprint density at radius 1 is 1.12 bits per heavy atom. The van der Waals surface area contributed by atoms with Crippen molar-refractivity contribution in [3.8, 4) is 11.4 Å². The number of ether oxygens (including phenoxy) is 1. The van der Waals surface area contributed by atoms with Crippen LogP contribution in [0.4, 0.5) is 27.6 Å². The zero-order chi connectivity index (χ0) is 28.5. The number of hydrogen-bond acceptors (Lipinski definition) is 5. The molecule has 6 rings (SSSR count). The third-order valence-corrected chi connectivity index (χ3v) is 6.92. The minimum Gasteiger partial charge on any atom is -0.483 e. The summed E-state index contributed by atoms with van der Waals surface area (Å²) in [6, 6.07) is 5.31. The number of halogens is 6. The molecule has 0 saturated carbocycles. The fourth-order valence-electron chi connectivity index (χ4n) is 4.88. The maximum atomic E-state index is 14.2. The van der Waals surface area contributed by atoms with Crippen molar-refractivity contribution in [1.29, 1.82) is 0 Å². The molecule has 2 aliphatic heterocycles. The Morgan fingerprint density at radius 2 is 1.90 bits per heavy atom. The van der Waals surface area contributed by atoms with Crippen molar-refractivity contribution < 1.29 is 36.3 Å². The quantitative estimate of drug-likeness (QED) is 0.314. The standard InChI is InChI=1S/C26H15ClF5N5O3/c1-10-35-36-19-9-40-23-18(37(10)19)8-17(33-24(38)11-4-12(26(30,31)32)6-14(29)5-11)20-21(23)25(39)34-22(20)15-7-13(28)2-3-16(15)27/h2-8,22H,9H2,1H3,(H,33,38)(H,34,39). The molecule has 2 amide bonds. The van der Waals surface area contributed by atoms with Crippen molar-refractivity contribution in [2.24, 2.45) is 0 Å². The largest absolute Gasteiger partial charge is 0.483 e. The van der Waals surface area contributed by atoms with E-state index in [2.05, 4.69) is 20.8 Å². The number of amides is 2. The number of carbonyl (C=O) groups is 2. The second-order valence-electron chi connectivity index (χ2n) is 9.10. The lowest BCUT2D eigenvalue weighted by molar-refractivity contribution is -0.137. The van der Waals surface area contributed by atoms with Gasteiger partial charge in [0.15, 0.2) is 11.6 Å². The third kappa shape index (κ3) is 4.13. The Bertz CT molecular complexity index is 1750. The van der Waals surface area contributed by atoms with Gasteiger partial charge in [-0.05, 0) is 49.4 Å². The SMILES string of the molecule is Cc1nnc2n1-c1cc(NC(=O)c3cc(F)cc(C(F)(F)F)c3)c3c(c1OC2)C(=O)NC3c1cc(F)ccc1Cl. The van der Waals surface area contributed by atoms with Gasteiger partial charge in [0.25, 0.3) is 11.8 Å². The van der Waals surface area contributed by atoms with E-state index >= 15 is 0 Å². The van der Waals surface area contributed by atoms with E-state index in [0.717, 1.165) is 12.1 Å². The minimum atomic E-state index is -4.90. The number of aromatic nitrogens is 3. The summed E-state index contributed by atoms with van der Waals surface area (Å²) in [7, 11) is 0. The van der Waals surface area contributed by atoms with Gasteiger partial charge in [0, 0.05) is 27.4 Å². The summed E-state index contributed by atoms with van der Waals surface area (Å²) < 4.78 is 75.6. The molecule has 0 fully saturated rings. The number of aryl methyl sites for hydroxylation is 1. The molecule has 204 valence electrons. The molecule has 0 spiro atoms. The van der Waals surface area contributed by atoms with E-state index in [9.17, 15) is 31.5 Å². The van der Waals surface area contributed by atoms with E-state index in [1.54, 1.807) is 11.5 Å². The molecule has 14 heteroatoms. The number of carbonyl (C=O) groups excluding carboxylic acids is 2. The van der Waals surface area contributed by atoms with Gasteiger partial charge >= 0.3 is 6.18 Å². The number of nitrogens with one attached hydrogen (secondary N) is 2. The molecule has 1 aromatic heterocycles. The highest BCUT2D eigenvalue weighted by Crippen LogP contribution is 2.47. The maximum absolute atomic E-state index is 14.2. The van der Waals surface area contributed by atoms with E-state index in [4.69, 9.17) is 16.3 Å². The molecule has 2 aliphatic rings. The van der Waals surface area contributed by atoms with Crippen LogP contribution in [0.1, 0.15) is 55.1 Å². The average Bonchev–Trinajstić information content (AvgIpc) is 3.45. The molecular formula is C26H15ClF5N5O3. The number of fused-ring (bicyclic) bond motifs is 5. The first-order chi connectivity index (χ1) is 18.9. The monoisotopic (exact) mass is 575 g/mol. The van der Waals surface area contributed by atoms with Gasteiger partial charge in [0.2, 0.25) is 0 Å². The Labute approximate surface area is 226 Å². The van der Waals surface area contributed by atoms with E-state index in [1.807, 2.05) is 0 Å². The molecule has 8 nitrogen and oxygen atoms in total. The smallest absolute Gasteiger partial charge is 0.416 e. The molecular weight excluding hydrogens is 561 g/mol. The van der Waals surface area contributed by atoms with E-state index in [0.29, 0.717) is 23.8 Å². The summed E-state index contributed by atoms with van der Waals surface area (Å²) in [5.74, 6) is -2.69. The third-order valence-electron chi connectivity index (χ3n) is 6.57. The Kier molecular flexibility index (Phi) is 5.80. The van der Waals surface area contributed by atoms with Gasteiger partial charge < -0.3 is 15.4 Å². The van der Waals surface area contributed by atoms with Crippen LogP contribution in [-0.4, -0.2) is 26.6 Å². The van der Waals surface area contributed by atoms with Crippen LogP contribution in [-0.2, 0) is 12.8 Å². The molecule has 3 aromatic carbocycles. The van der Waals surface area contributed by atoms with Crippen molar-refractivity contribution in [3.05, 3.63) is 98.6 Å². The topological polar surface area (TPSA) is 98.1 Å². The van der Waals surface area contributed by atoms with Gasteiger partial charge in [-0.3, -0.25) is 14.2 Å². The lowest BCUT2D eigenvalue weighted by atomic mass is 9.94. The van der Waals surface area contributed by atoms with Crippen LogP contribution in [0.3, 0.4) is 0 Å². The molecule has 0 radical (unpaired) electrons. The maximum Gasteiger partial charge on any atom is 0.416 e. The summed E-state index contributed by atoms with van der Waals surface area (Å²) in [6.45, 7) is 1.62. The molecule has 1 unspecified atom stereocenters. The fraction of sp³-hybridized carbons (Fsp3) is 0.154. The first kappa shape index (κ1) is 25.7. The van der Waals surface area contributed by atoms with E-state index in [-0.39, 0.29) is 51.5 Å². The van der Waals surface area contributed by atoms with Gasteiger partial charge in [-0.1, -0.05) is 11.6 Å². The van der Waals surface area contributed by atoms with Crippen molar-refractivity contribution in [3.63, 3.8) is 0 Å². The predicted molar refractivity (Wildman–Crippen MR) is 131 cm³/mol. The average molecular weight is 576 g/mol. The predicted octanol–water partition coefficient (Wildman–Crippen LogP) is 5.50. The van der Waals surface area contributed by atoms with E-state index in [1.165, 1.54) is 12.1 Å². The van der Waals surface area contributed by atoms with Crippen molar-refractivity contribution in [2.75, 3.05) is 5.32 Å². The molecule has 1 atom stereocenters. The minimum absolute atomic E-state index is 0.00731. The van der Waals surface area contributed by atoms with Gasteiger partial charge in [-0.15, -0.1) is 10.2 Å². The van der Waals surface area contributed by atoms with Crippen LogP contribution in [0.5, 0.6) is 5.75 Å². The molecule has 0 saturated heterocycles. The Balaban J connectivity index is 1.55. The van der Waals surface area contributed by atoms with Crippen molar-refractivity contribution in [2.45, 2.75) is 25.7 Å². The van der Waals surface area contributed by atoms with Crippen LogP contribution >= 0.6 is 11.6 Å². The van der Waals surface area contributed by atoms with Crippen molar-refractivity contribution >= 4 is 29.1 Å². The van der Waals surface area contributed by atoms with Crippen LogP contribution < -0.4 is 15.4 Å². The zero-order valence-electron chi connectivity index (χ0n) is 20.2. The van der Waals surface area contributed by atoms with Gasteiger partial charge in [-0.25, -0.2) is 8.78 Å². The highest BCUT2D eigenvalue weighted by atomic mass is 35.5. The first-order valence-electron chi connectivity index (χ1n) is 11.6. The number of rotatable bonds is 3. The van der Waals surface area contributed by atoms with Crippen LogP contribution in [0.15, 0.2) is 42.5 Å². The number of hydrogen-bond donors (Lipinski definition) is 2. The number of alkyl halides is 3. The van der Waals surface area contributed by atoms with Gasteiger partial charge in [0.05, 0.1) is 22.9 Å². The van der Waals surface area contributed by atoms with Gasteiger partial charge in [0.1, 0.15) is 24.1 Å². The lowest BCUT2D eigenvalue weighted by Crippen LogP contribution is -2.21. The number of benzene rings is 3. The molecule has 0 bridgehead atoms. The summed E-state index contributed by atoms with van der Waals surface area (Å²) >= 11 is 6.33. The molecule has 3 heterocycles. The summed E-state index contributed by atoms with van der Waals surface area (Å²) in [5.41, 5.74) is -1.45. The summed E-state index contributed by atoms with van der Waals surface area (Å²) in [5, 5.41) is 13.3. The fourth-order valence-corrected chi connectivity index (χ4v) is 5.11. The van der Waals surface area contributed by atoms with Crippen molar-refractivity contribution in [1.82, 2.24) is 20.1 Å². The summed E-state index contributed by atoms with van der Waals surface area (Å²) in [4.78, 5) is 26.5. The second kappa shape index (κ2) is 9.01. The Morgan fingerprint density at radius 3 is 2.65 bits per heavy atom. The molecule has 0 aliphatic carbocycles. The second-order valence-corrected chi connectivity index (χ2v) is 9.51. The number of anilines is 1. The molecule has 40 heavy (non-hydrogen) atoms. The molecule has 2 N–H and O–H groups in total.